The molecule has 5 nitrogen and oxygen atoms in total. The fraction of sp³-hybridized carbons (Fsp3) is 0.632. The maximum atomic E-state index is 12.6. The first-order valence-electron chi connectivity index (χ1n) is 9.35. The Morgan fingerprint density at radius 3 is 2.67 bits per heavy atom. The number of aliphatic imine (C=N–C) groups is 1. The zero-order valence-corrected chi connectivity index (χ0v) is 16.0. The minimum Gasteiger partial charge on any atom is -0.382 e. The van der Waals surface area contributed by atoms with E-state index in [1.165, 1.54) is 0 Å². The number of nitrogens with zero attached hydrogens (tertiary/aromatic N) is 2. The van der Waals surface area contributed by atoms with Crippen LogP contribution in [0.4, 0.5) is 13.2 Å². The molecule has 0 spiro atoms. The summed E-state index contributed by atoms with van der Waals surface area (Å²) in [6, 6.07) is 5.69. The van der Waals surface area contributed by atoms with Crippen molar-refractivity contribution in [2.75, 3.05) is 39.9 Å². The lowest BCUT2D eigenvalue weighted by Crippen LogP contribution is -2.44. The zero-order valence-electron chi connectivity index (χ0n) is 16.0. The van der Waals surface area contributed by atoms with Crippen molar-refractivity contribution in [2.24, 2.45) is 4.99 Å². The SMILES string of the molecule is CCOCCCNC(=NC)NC1CCN(Cc2ccc(C(F)(F)F)cc2)C1. The molecule has 152 valence electrons. The fourth-order valence-electron chi connectivity index (χ4n) is 3.06. The van der Waals surface area contributed by atoms with Crippen molar-refractivity contribution < 1.29 is 17.9 Å². The van der Waals surface area contributed by atoms with Gasteiger partial charge in [-0.1, -0.05) is 12.1 Å². The van der Waals surface area contributed by atoms with Gasteiger partial charge in [0.1, 0.15) is 0 Å². The number of hydrogen-bond acceptors (Lipinski definition) is 3. The van der Waals surface area contributed by atoms with Crippen LogP contribution in [0.2, 0.25) is 0 Å². The highest BCUT2D eigenvalue weighted by Crippen LogP contribution is 2.29. The molecule has 0 radical (unpaired) electrons. The summed E-state index contributed by atoms with van der Waals surface area (Å²) < 4.78 is 43.2. The molecule has 1 aromatic carbocycles. The summed E-state index contributed by atoms with van der Waals surface area (Å²) >= 11 is 0. The lowest BCUT2D eigenvalue weighted by Gasteiger charge is -2.19. The van der Waals surface area contributed by atoms with Crippen LogP contribution in [0, 0.1) is 0 Å². The van der Waals surface area contributed by atoms with Crippen molar-refractivity contribution >= 4 is 5.96 Å². The van der Waals surface area contributed by atoms with E-state index < -0.39 is 11.7 Å². The largest absolute Gasteiger partial charge is 0.416 e. The summed E-state index contributed by atoms with van der Waals surface area (Å²) in [6.07, 6.45) is -2.40. The Bertz CT molecular complexity index is 590. The first kappa shape index (κ1) is 21.5. The predicted molar refractivity (Wildman–Crippen MR) is 101 cm³/mol. The van der Waals surface area contributed by atoms with E-state index >= 15 is 0 Å². The molecule has 1 aliphatic rings. The standard InChI is InChI=1S/C19H29F3N4O/c1-3-27-12-4-10-24-18(23-2)25-17-9-11-26(14-17)13-15-5-7-16(8-6-15)19(20,21)22/h5-8,17H,3-4,9-14H2,1-2H3,(H2,23,24,25). The lowest BCUT2D eigenvalue weighted by molar-refractivity contribution is -0.137. The number of likely N-dealkylation sites (tertiary alicyclic amines) is 1. The molecule has 0 amide bonds. The third-order valence-corrected chi connectivity index (χ3v) is 4.49. The molecular weight excluding hydrogens is 357 g/mol. The van der Waals surface area contributed by atoms with Crippen LogP contribution in [-0.4, -0.2) is 56.8 Å². The van der Waals surface area contributed by atoms with Crippen LogP contribution in [0.3, 0.4) is 0 Å². The summed E-state index contributed by atoms with van der Waals surface area (Å²) in [4.78, 5) is 6.48. The van der Waals surface area contributed by atoms with E-state index in [-0.39, 0.29) is 6.04 Å². The van der Waals surface area contributed by atoms with E-state index in [2.05, 4.69) is 20.5 Å². The number of rotatable bonds is 8. The second-order valence-corrected chi connectivity index (χ2v) is 6.61. The molecule has 0 saturated carbocycles. The van der Waals surface area contributed by atoms with E-state index in [1.807, 2.05) is 6.92 Å². The normalized spacial score (nSPS) is 18.7. The van der Waals surface area contributed by atoms with Gasteiger partial charge in [-0.3, -0.25) is 9.89 Å². The Balaban J connectivity index is 1.74. The second-order valence-electron chi connectivity index (χ2n) is 6.61. The average Bonchev–Trinajstić information content (AvgIpc) is 3.07. The molecule has 1 atom stereocenters. The van der Waals surface area contributed by atoms with Gasteiger partial charge in [0.15, 0.2) is 5.96 Å². The maximum Gasteiger partial charge on any atom is 0.416 e. The quantitative estimate of drug-likeness (QED) is 0.410. The van der Waals surface area contributed by atoms with Crippen molar-refractivity contribution in [3.05, 3.63) is 35.4 Å². The van der Waals surface area contributed by atoms with Crippen LogP contribution in [0.25, 0.3) is 0 Å². The van der Waals surface area contributed by atoms with Crippen molar-refractivity contribution in [2.45, 2.75) is 38.5 Å². The summed E-state index contributed by atoms with van der Waals surface area (Å²) in [5.74, 6) is 0.771. The Hall–Kier alpha value is -1.80. The van der Waals surface area contributed by atoms with Crippen molar-refractivity contribution in [1.82, 2.24) is 15.5 Å². The topological polar surface area (TPSA) is 48.9 Å². The fourth-order valence-corrected chi connectivity index (χ4v) is 3.06. The molecule has 27 heavy (non-hydrogen) atoms. The minimum absolute atomic E-state index is 0.276. The van der Waals surface area contributed by atoms with Gasteiger partial charge < -0.3 is 15.4 Å². The van der Waals surface area contributed by atoms with E-state index in [9.17, 15) is 13.2 Å². The molecule has 8 heteroatoms. The molecule has 0 bridgehead atoms. The molecular formula is C19H29F3N4O. The number of benzene rings is 1. The molecule has 1 unspecified atom stereocenters. The molecule has 1 heterocycles. The molecule has 1 aliphatic heterocycles. The van der Waals surface area contributed by atoms with Gasteiger partial charge in [-0.2, -0.15) is 13.2 Å². The van der Waals surface area contributed by atoms with Crippen LogP contribution in [0.15, 0.2) is 29.3 Å². The van der Waals surface area contributed by atoms with Gasteiger partial charge in [-0.05, 0) is 37.5 Å². The number of halogens is 3. The van der Waals surface area contributed by atoms with E-state index in [0.29, 0.717) is 6.54 Å². The van der Waals surface area contributed by atoms with Gasteiger partial charge in [0.2, 0.25) is 0 Å². The van der Waals surface area contributed by atoms with Crippen LogP contribution in [-0.2, 0) is 17.5 Å². The molecule has 1 saturated heterocycles. The molecule has 1 fully saturated rings. The smallest absolute Gasteiger partial charge is 0.382 e. The molecule has 0 aromatic heterocycles. The monoisotopic (exact) mass is 386 g/mol. The highest BCUT2D eigenvalue weighted by Gasteiger charge is 2.30. The Morgan fingerprint density at radius 2 is 2.04 bits per heavy atom. The van der Waals surface area contributed by atoms with E-state index in [4.69, 9.17) is 4.74 Å². The number of nitrogens with one attached hydrogen (secondary N) is 2. The van der Waals surface area contributed by atoms with Gasteiger partial charge in [0, 0.05) is 52.5 Å². The number of guanidine groups is 1. The van der Waals surface area contributed by atoms with Crippen LogP contribution < -0.4 is 10.6 Å². The molecule has 2 rings (SSSR count). The summed E-state index contributed by atoms with van der Waals surface area (Å²) in [5, 5.41) is 6.68. The average molecular weight is 386 g/mol. The third kappa shape index (κ3) is 7.38. The zero-order chi connectivity index (χ0) is 19.7. The van der Waals surface area contributed by atoms with E-state index in [1.54, 1.807) is 19.2 Å². The first-order chi connectivity index (χ1) is 12.9. The summed E-state index contributed by atoms with van der Waals surface area (Å²) in [7, 11) is 1.74. The van der Waals surface area contributed by atoms with Crippen LogP contribution >= 0.6 is 0 Å². The van der Waals surface area contributed by atoms with Crippen LogP contribution in [0.5, 0.6) is 0 Å². The van der Waals surface area contributed by atoms with Crippen molar-refractivity contribution in [3.63, 3.8) is 0 Å². The van der Waals surface area contributed by atoms with Gasteiger partial charge in [-0.15, -0.1) is 0 Å². The van der Waals surface area contributed by atoms with Gasteiger partial charge in [0.25, 0.3) is 0 Å². The Kier molecular flexibility index (Phi) is 8.37. The van der Waals surface area contributed by atoms with Crippen molar-refractivity contribution in [1.29, 1.82) is 0 Å². The maximum absolute atomic E-state index is 12.6. The first-order valence-corrected chi connectivity index (χ1v) is 9.35. The third-order valence-electron chi connectivity index (χ3n) is 4.49. The van der Waals surface area contributed by atoms with Gasteiger partial charge in [0.05, 0.1) is 5.56 Å². The van der Waals surface area contributed by atoms with E-state index in [0.717, 1.165) is 69.3 Å². The number of alkyl halides is 3. The molecule has 2 N–H and O–H groups in total. The summed E-state index contributed by atoms with van der Waals surface area (Å²) in [5.41, 5.74) is 0.286. The Labute approximate surface area is 159 Å². The number of ether oxygens (including phenoxy) is 1. The molecule has 1 aromatic rings. The second kappa shape index (κ2) is 10.5. The number of hydrogen-bond donors (Lipinski definition) is 2. The predicted octanol–water partition coefficient (Wildman–Crippen LogP) is 2.87. The molecule has 0 aliphatic carbocycles. The highest BCUT2D eigenvalue weighted by atomic mass is 19.4. The van der Waals surface area contributed by atoms with Gasteiger partial charge >= 0.3 is 6.18 Å². The highest BCUT2D eigenvalue weighted by molar-refractivity contribution is 5.79. The van der Waals surface area contributed by atoms with Crippen LogP contribution in [0.1, 0.15) is 30.9 Å². The Morgan fingerprint density at radius 1 is 1.30 bits per heavy atom. The minimum atomic E-state index is -4.28. The van der Waals surface area contributed by atoms with Crippen molar-refractivity contribution in [3.8, 4) is 0 Å². The van der Waals surface area contributed by atoms with Gasteiger partial charge in [-0.25, -0.2) is 0 Å². The lowest BCUT2D eigenvalue weighted by atomic mass is 10.1. The summed E-state index contributed by atoms with van der Waals surface area (Å²) in [6.45, 7) is 6.61.